The number of rotatable bonds is 7. The largest absolute Gasteiger partial charge is 0.396 e. The van der Waals surface area contributed by atoms with Gasteiger partial charge in [-0.1, -0.05) is 30.3 Å². The number of nitrogens with one attached hydrogen (secondary N) is 1. The summed E-state index contributed by atoms with van der Waals surface area (Å²) in [4.78, 5) is 11.8. The summed E-state index contributed by atoms with van der Waals surface area (Å²) in [5.74, 6) is -0.115. The average molecular weight is 262 g/mol. The van der Waals surface area contributed by atoms with Crippen LogP contribution < -0.4 is 11.1 Å². The number of carbonyl (C=O) groups is 1. The number of nitrogens with two attached hydrogens (primary N) is 1. The maximum atomic E-state index is 11.8. The average Bonchev–Trinajstić information content (AvgIpc) is 3.24. The number of aliphatic hydroxyl groups is 1. The lowest BCUT2D eigenvalue weighted by atomic mass is 10.0. The van der Waals surface area contributed by atoms with Crippen molar-refractivity contribution in [2.45, 2.75) is 31.7 Å². The second-order valence-corrected chi connectivity index (χ2v) is 5.51. The first-order valence-corrected chi connectivity index (χ1v) is 6.83. The zero-order valence-corrected chi connectivity index (χ0v) is 11.1. The maximum Gasteiger partial charge on any atom is 0.236 e. The van der Waals surface area contributed by atoms with Gasteiger partial charge in [-0.15, -0.1) is 0 Å². The summed E-state index contributed by atoms with van der Waals surface area (Å²) >= 11 is 0. The van der Waals surface area contributed by atoms with Crippen LogP contribution in [-0.2, 0) is 11.2 Å². The minimum Gasteiger partial charge on any atom is -0.396 e. The first kappa shape index (κ1) is 14.0. The predicted octanol–water partition coefficient (Wildman–Crippen LogP) is 0.835. The van der Waals surface area contributed by atoms with E-state index in [-0.39, 0.29) is 17.9 Å². The Kier molecular flexibility index (Phi) is 4.56. The highest BCUT2D eigenvalue weighted by atomic mass is 16.3. The van der Waals surface area contributed by atoms with Crippen LogP contribution in [-0.4, -0.2) is 30.2 Å². The summed E-state index contributed by atoms with van der Waals surface area (Å²) in [6.07, 6.45) is 3.43. The van der Waals surface area contributed by atoms with Crippen molar-refractivity contribution in [1.29, 1.82) is 0 Å². The van der Waals surface area contributed by atoms with Crippen molar-refractivity contribution in [2.24, 2.45) is 11.1 Å². The van der Waals surface area contributed by atoms with E-state index in [9.17, 15) is 9.90 Å². The molecule has 4 N–H and O–H groups in total. The SMILES string of the molecule is NC(CCc1ccccc1)C(=O)NCC1(CO)CC1. The molecule has 19 heavy (non-hydrogen) atoms. The monoisotopic (exact) mass is 262 g/mol. The molecule has 1 atom stereocenters. The van der Waals surface area contributed by atoms with E-state index < -0.39 is 6.04 Å². The van der Waals surface area contributed by atoms with Crippen molar-refractivity contribution in [2.75, 3.05) is 13.2 Å². The Morgan fingerprint density at radius 1 is 1.37 bits per heavy atom. The predicted molar refractivity (Wildman–Crippen MR) is 74.5 cm³/mol. The fraction of sp³-hybridized carbons (Fsp3) is 0.533. The molecule has 0 aliphatic heterocycles. The fourth-order valence-corrected chi connectivity index (χ4v) is 2.07. The van der Waals surface area contributed by atoms with E-state index in [0.29, 0.717) is 13.0 Å². The van der Waals surface area contributed by atoms with Gasteiger partial charge >= 0.3 is 0 Å². The van der Waals surface area contributed by atoms with Gasteiger partial charge in [-0.2, -0.15) is 0 Å². The van der Waals surface area contributed by atoms with Crippen molar-refractivity contribution in [3.8, 4) is 0 Å². The van der Waals surface area contributed by atoms with Gasteiger partial charge in [0.1, 0.15) is 0 Å². The van der Waals surface area contributed by atoms with Gasteiger partial charge in [-0.25, -0.2) is 0 Å². The molecule has 0 heterocycles. The summed E-state index contributed by atoms with van der Waals surface area (Å²) in [6.45, 7) is 0.688. The molecule has 1 aliphatic carbocycles. The molecule has 4 nitrogen and oxygen atoms in total. The van der Waals surface area contributed by atoms with Gasteiger partial charge in [0.15, 0.2) is 0 Å². The van der Waals surface area contributed by atoms with Crippen molar-refractivity contribution >= 4 is 5.91 Å². The normalized spacial score (nSPS) is 17.8. The van der Waals surface area contributed by atoms with Crippen molar-refractivity contribution in [1.82, 2.24) is 5.32 Å². The topological polar surface area (TPSA) is 75.4 Å². The van der Waals surface area contributed by atoms with Crippen LogP contribution >= 0.6 is 0 Å². The zero-order chi connectivity index (χ0) is 13.7. The molecular weight excluding hydrogens is 240 g/mol. The minimum atomic E-state index is -0.477. The third kappa shape index (κ3) is 4.04. The maximum absolute atomic E-state index is 11.8. The standard InChI is InChI=1S/C15H22N2O2/c16-13(7-6-12-4-2-1-3-5-12)14(19)17-10-15(11-18)8-9-15/h1-5,13,18H,6-11,16H2,(H,17,19). The van der Waals surface area contributed by atoms with Crippen LogP contribution in [0.1, 0.15) is 24.8 Å². The van der Waals surface area contributed by atoms with Crippen LogP contribution in [0.15, 0.2) is 30.3 Å². The summed E-state index contributed by atoms with van der Waals surface area (Å²) in [6, 6.07) is 9.54. The highest BCUT2D eigenvalue weighted by Gasteiger charge is 2.42. The minimum absolute atomic E-state index is 0.0607. The third-order valence-electron chi connectivity index (χ3n) is 3.85. The van der Waals surface area contributed by atoms with Crippen LogP contribution in [0.2, 0.25) is 0 Å². The van der Waals surface area contributed by atoms with Gasteiger partial charge in [-0.05, 0) is 31.2 Å². The summed E-state index contributed by atoms with van der Waals surface area (Å²) in [7, 11) is 0. The van der Waals surface area contributed by atoms with Crippen LogP contribution in [0.5, 0.6) is 0 Å². The highest BCUT2D eigenvalue weighted by Crippen LogP contribution is 2.44. The second kappa shape index (κ2) is 6.17. The van der Waals surface area contributed by atoms with E-state index in [1.165, 1.54) is 5.56 Å². The number of hydrogen-bond acceptors (Lipinski definition) is 3. The molecule has 1 fully saturated rings. The number of amides is 1. The first-order chi connectivity index (χ1) is 9.15. The molecule has 0 radical (unpaired) electrons. The quantitative estimate of drug-likeness (QED) is 0.681. The molecule has 4 heteroatoms. The molecule has 1 amide bonds. The molecule has 1 saturated carbocycles. The number of aliphatic hydroxyl groups excluding tert-OH is 1. The lowest BCUT2D eigenvalue weighted by Crippen LogP contribution is -2.43. The Labute approximate surface area is 114 Å². The Hall–Kier alpha value is -1.39. The first-order valence-electron chi connectivity index (χ1n) is 6.83. The van der Waals surface area contributed by atoms with E-state index in [0.717, 1.165) is 19.3 Å². The van der Waals surface area contributed by atoms with E-state index in [4.69, 9.17) is 5.73 Å². The van der Waals surface area contributed by atoms with Crippen LogP contribution in [0.25, 0.3) is 0 Å². The van der Waals surface area contributed by atoms with Gasteiger partial charge in [0.2, 0.25) is 5.91 Å². The molecule has 104 valence electrons. The molecule has 1 unspecified atom stereocenters. The number of aryl methyl sites for hydroxylation is 1. The number of benzene rings is 1. The Morgan fingerprint density at radius 3 is 2.63 bits per heavy atom. The van der Waals surface area contributed by atoms with Crippen LogP contribution in [0.3, 0.4) is 0 Å². The van der Waals surface area contributed by atoms with Crippen molar-refractivity contribution in [3.63, 3.8) is 0 Å². The fourth-order valence-electron chi connectivity index (χ4n) is 2.07. The molecule has 1 aromatic carbocycles. The van der Waals surface area contributed by atoms with Crippen LogP contribution in [0.4, 0.5) is 0 Å². The van der Waals surface area contributed by atoms with Gasteiger partial charge < -0.3 is 16.2 Å². The Bertz CT molecular complexity index is 415. The smallest absolute Gasteiger partial charge is 0.236 e. The molecule has 1 aromatic rings. The number of carbonyl (C=O) groups excluding carboxylic acids is 1. The lowest BCUT2D eigenvalue weighted by Gasteiger charge is -2.16. The number of hydrogen-bond donors (Lipinski definition) is 3. The van der Waals surface area contributed by atoms with Gasteiger partial charge in [-0.3, -0.25) is 4.79 Å². The van der Waals surface area contributed by atoms with E-state index in [1.54, 1.807) is 0 Å². The van der Waals surface area contributed by atoms with Crippen LogP contribution in [0, 0.1) is 5.41 Å². The molecule has 0 bridgehead atoms. The summed E-state index contributed by atoms with van der Waals surface area (Å²) in [5, 5.41) is 12.0. The summed E-state index contributed by atoms with van der Waals surface area (Å²) < 4.78 is 0. The molecule has 0 saturated heterocycles. The van der Waals surface area contributed by atoms with Gasteiger partial charge in [0.05, 0.1) is 12.6 Å². The van der Waals surface area contributed by atoms with Gasteiger partial charge in [0.25, 0.3) is 0 Å². The van der Waals surface area contributed by atoms with E-state index in [1.807, 2.05) is 30.3 Å². The zero-order valence-electron chi connectivity index (χ0n) is 11.1. The molecule has 1 aliphatic rings. The van der Waals surface area contributed by atoms with Gasteiger partial charge in [0, 0.05) is 12.0 Å². The summed E-state index contributed by atoms with van der Waals surface area (Å²) in [5.41, 5.74) is 7.02. The molecule has 2 rings (SSSR count). The van der Waals surface area contributed by atoms with Crippen molar-refractivity contribution in [3.05, 3.63) is 35.9 Å². The Balaban J connectivity index is 1.70. The third-order valence-corrected chi connectivity index (χ3v) is 3.85. The Morgan fingerprint density at radius 2 is 2.05 bits per heavy atom. The molecule has 0 spiro atoms. The highest BCUT2D eigenvalue weighted by molar-refractivity contribution is 5.81. The molecule has 0 aromatic heterocycles. The van der Waals surface area contributed by atoms with Crippen molar-refractivity contribution < 1.29 is 9.90 Å². The second-order valence-electron chi connectivity index (χ2n) is 5.51. The van der Waals surface area contributed by atoms with E-state index in [2.05, 4.69) is 5.32 Å². The lowest BCUT2D eigenvalue weighted by molar-refractivity contribution is -0.122. The van der Waals surface area contributed by atoms with E-state index >= 15 is 0 Å². The molecular formula is C15H22N2O2.